The summed E-state index contributed by atoms with van der Waals surface area (Å²) in [5.74, 6) is 0. The van der Waals surface area contributed by atoms with Gasteiger partial charge in [0.15, 0.2) is 0 Å². The summed E-state index contributed by atoms with van der Waals surface area (Å²) in [6, 6.07) is 67.2. The van der Waals surface area contributed by atoms with E-state index in [1.165, 1.54) is 109 Å². The van der Waals surface area contributed by atoms with Crippen LogP contribution in [0, 0.1) is 13.8 Å². The van der Waals surface area contributed by atoms with Crippen LogP contribution in [0.1, 0.15) is 11.1 Å². The minimum atomic E-state index is 1.23. The highest BCUT2D eigenvalue weighted by atomic mass is 14.2. The Morgan fingerprint density at radius 3 is 1.21 bits per heavy atom. The summed E-state index contributed by atoms with van der Waals surface area (Å²) >= 11 is 0. The van der Waals surface area contributed by atoms with Gasteiger partial charge < -0.3 is 0 Å². The van der Waals surface area contributed by atoms with Gasteiger partial charge in [0.25, 0.3) is 0 Å². The van der Waals surface area contributed by atoms with Crippen molar-refractivity contribution in [3.05, 3.63) is 193 Å². The minimum Gasteiger partial charge on any atom is -0.0622 e. The molecule has 10 rings (SSSR count). The second-order valence-electron chi connectivity index (χ2n) is 14.1. The van der Waals surface area contributed by atoms with E-state index in [0.717, 1.165) is 0 Å². The van der Waals surface area contributed by atoms with Crippen LogP contribution in [0.5, 0.6) is 0 Å². The van der Waals surface area contributed by atoms with Crippen molar-refractivity contribution in [2.24, 2.45) is 0 Å². The van der Waals surface area contributed by atoms with Crippen molar-refractivity contribution in [2.45, 2.75) is 13.8 Å². The maximum Gasteiger partial charge on any atom is -0.00176 e. The number of hydrogen-bond acceptors (Lipinski definition) is 0. The Balaban J connectivity index is 1.24. The summed E-state index contributed by atoms with van der Waals surface area (Å²) in [5.41, 5.74) is 12.7. The second kappa shape index (κ2) is 12.1. The van der Waals surface area contributed by atoms with Gasteiger partial charge in [0.05, 0.1) is 0 Å². The van der Waals surface area contributed by atoms with E-state index >= 15 is 0 Å². The normalized spacial score (nSPS) is 11.7. The first-order chi connectivity index (χ1) is 25.7. The third-order valence-corrected chi connectivity index (χ3v) is 11.1. The predicted octanol–water partition coefficient (Wildman–Crippen LogP) is 14.7. The van der Waals surface area contributed by atoms with Crippen LogP contribution < -0.4 is 0 Å². The van der Waals surface area contributed by atoms with Crippen LogP contribution in [0.4, 0.5) is 0 Å². The van der Waals surface area contributed by atoms with Crippen molar-refractivity contribution < 1.29 is 0 Å². The number of rotatable bonds is 4. The van der Waals surface area contributed by atoms with E-state index < -0.39 is 0 Å². The van der Waals surface area contributed by atoms with Crippen molar-refractivity contribution in [3.63, 3.8) is 0 Å². The monoisotopic (exact) mass is 660 g/mol. The first-order valence-electron chi connectivity index (χ1n) is 18.2. The first kappa shape index (κ1) is 30.3. The Morgan fingerprint density at radius 1 is 0.250 bits per heavy atom. The number of benzene rings is 10. The third-order valence-electron chi connectivity index (χ3n) is 11.1. The quantitative estimate of drug-likeness (QED) is 0.130. The van der Waals surface area contributed by atoms with E-state index in [-0.39, 0.29) is 0 Å². The number of hydrogen-bond donors (Lipinski definition) is 0. The molecule has 0 aliphatic rings. The highest BCUT2D eigenvalue weighted by Crippen LogP contribution is 2.47. The average molecular weight is 661 g/mol. The summed E-state index contributed by atoms with van der Waals surface area (Å²) in [7, 11) is 0. The second-order valence-corrected chi connectivity index (χ2v) is 14.1. The topological polar surface area (TPSA) is 0 Å². The van der Waals surface area contributed by atoms with Crippen molar-refractivity contribution in [1.82, 2.24) is 0 Å². The van der Waals surface area contributed by atoms with E-state index in [9.17, 15) is 0 Å². The van der Waals surface area contributed by atoms with Gasteiger partial charge in [-0.05, 0) is 129 Å². The van der Waals surface area contributed by atoms with Crippen LogP contribution in [0.2, 0.25) is 0 Å². The molecule has 0 nitrogen and oxygen atoms in total. The molecular formula is C52H36. The van der Waals surface area contributed by atoms with Gasteiger partial charge in [-0.2, -0.15) is 0 Å². The maximum atomic E-state index is 2.46. The first-order valence-corrected chi connectivity index (χ1v) is 18.2. The molecule has 0 atom stereocenters. The zero-order chi connectivity index (χ0) is 34.8. The minimum absolute atomic E-state index is 1.23. The molecule has 0 fully saturated rings. The average Bonchev–Trinajstić information content (AvgIpc) is 3.21. The highest BCUT2D eigenvalue weighted by Gasteiger charge is 2.20. The Labute approximate surface area is 304 Å². The number of fused-ring (bicyclic) bond motifs is 8. The Bertz CT molecular complexity index is 2910. The lowest BCUT2D eigenvalue weighted by Crippen LogP contribution is -1.94. The lowest BCUT2D eigenvalue weighted by molar-refractivity contribution is 1.43. The predicted molar refractivity (Wildman–Crippen MR) is 225 cm³/mol. The molecule has 10 aromatic carbocycles. The van der Waals surface area contributed by atoms with Gasteiger partial charge in [-0.15, -0.1) is 0 Å². The van der Waals surface area contributed by atoms with Gasteiger partial charge in [0.1, 0.15) is 0 Å². The third kappa shape index (κ3) is 4.69. The van der Waals surface area contributed by atoms with Gasteiger partial charge in [0.2, 0.25) is 0 Å². The summed E-state index contributed by atoms with van der Waals surface area (Å²) in [6.07, 6.45) is 0. The van der Waals surface area contributed by atoms with E-state index in [0.29, 0.717) is 0 Å². The van der Waals surface area contributed by atoms with Crippen molar-refractivity contribution in [3.8, 4) is 44.5 Å². The standard InChI is InChI=1S/C52H36/c1-33-24-26-38(32-48(33)49-34(2)25-31-47-41-18-7-6-16-39(41)40-17-8-9-19-42(40)52(47)49)51-45-22-12-10-20-43(45)50(44-21-11-13-23-46(44)51)37-29-27-36(28-30-37)35-14-4-3-5-15-35/h3-32H,1-2H3. The van der Waals surface area contributed by atoms with Crippen molar-refractivity contribution in [1.29, 1.82) is 0 Å². The summed E-state index contributed by atoms with van der Waals surface area (Å²) in [6.45, 7) is 4.53. The molecule has 0 aliphatic carbocycles. The fourth-order valence-electron chi connectivity index (χ4n) is 8.70. The molecule has 0 aliphatic heterocycles. The van der Waals surface area contributed by atoms with Crippen LogP contribution in [0.15, 0.2) is 182 Å². The Morgan fingerprint density at radius 2 is 0.635 bits per heavy atom. The molecule has 244 valence electrons. The van der Waals surface area contributed by atoms with Crippen molar-refractivity contribution >= 4 is 53.9 Å². The SMILES string of the molecule is Cc1ccc(-c2c3ccccc3c(-c3ccc(-c4ccccc4)cc3)c3ccccc23)cc1-c1c(C)ccc2c3ccccc3c3ccccc3c12. The molecule has 0 saturated heterocycles. The van der Waals surface area contributed by atoms with Crippen LogP contribution in [-0.4, -0.2) is 0 Å². The zero-order valence-corrected chi connectivity index (χ0v) is 29.3. The van der Waals surface area contributed by atoms with Crippen LogP contribution in [0.25, 0.3) is 98.4 Å². The molecule has 0 heteroatoms. The van der Waals surface area contributed by atoms with E-state index in [4.69, 9.17) is 0 Å². The molecule has 0 spiro atoms. The smallest absolute Gasteiger partial charge is 0.00176 e. The fraction of sp³-hybridized carbons (Fsp3) is 0.0385. The van der Waals surface area contributed by atoms with Crippen molar-refractivity contribution in [2.75, 3.05) is 0 Å². The molecule has 0 amide bonds. The molecule has 0 unspecified atom stereocenters. The highest BCUT2D eigenvalue weighted by molar-refractivity contribution is 6.29. The van der Waals surface area contributed by atoms with Crippen LogP contribution >= 0.6 is 0 Å². The number of aryl methyl sites for hydroxylation is 2. The molecule has 52 heavy (non-hydrogen) atoms. The largest absolute Gasteiger partial charge is 0.0622 e. The lowest BCUT2D eigenvalue weighted by Gasteiger charge is -2.20. The van der Waals surface area contributed by atoms with Gasteiger partial charge in [-0.25, -0.2) is 0 Å². The maximum absolute atomic E-state index is 2.46. The lowest BCUT2D eigenvalue weighted by atomic mass is 9.83. The molecule has 0 aromatic heterocycles. The molecule has 10 aromatic rings. The molecule has 0 radical (unpaired) electrons. The van der Waals surface area contributed by atoms with Gasteiger partial charge in [-0.1, -0.05) is 176 Å². The fourth-order valence-corrected chi connectivity index (χ4v) is 8.70. The Kier molecular flexibility index (Phi) is 7.05. The van der Waals surface area contributed by atoms with E-state index in [1.54, 1.807) is 0 Å². The van der Waals surface area contributed by atoms with Crippen LogP contribution in [-0.2, 0) is 0 Å². The summed E-state index contributed by atoms with van der Waals surface area (Å²) < 4.78 is 0. The Hall–Kier alpha value is -6.50. The van der Waals surface area contributed by atoms with E-state index in [2.05, 4.69) is 196 Å². The molecule has 0 saturated carbocycles. The van der Waals surface area contributed by atoms with Gasteiger partial charge in [0, 0.05) is 0 Å². The zero-order valence-electron chi connectivity index (χ0n) is 29.3. The van der Waals surface area contributed by atoms with Gasteiger partial charge in [-0.3, -0.25) is 0 Å². The van der Waals surface area contributed by atoms with Crippen LogP contribution in [0.3, 0.4) is 0 Å². The molecular weight excluding hydrogens is 625 g/mol. The van der Waals surface area contributed by atoms with E-state index in [1.807, 2.05) is 0 Å². The molecule has 0 heterocycles. The molecule has 0 bridgehead atoms. The summed E-state index contributed by atoms with van der Waals surface area (Å²) in [4.78, 5) is 0. The van der Waals surface area contributed by atoms with Gasteiger partial charge >= 0.3 is 0 Å². The molecule has 0 N–H and O–H groups in total. The summed E-state index contributed by atoms with van der Waals surface area (Å²) in [5, 5.41) is 12.9.